The van der Waals surface area contributed by atoms with E-state index in [9.17, 15) is 16.8 Å². The molecule has 0 unspecified atom stereocenters. The Labute approximate surface area is 183 Å². The SMILES string of the molecule is CC(C)CCN(Cc1ccc(OS(C)(=O)=O)cc1)S(=O)(=O)c1cccc2cccnc12. The van der Waals surface area contributed by atoms with Gasteiger partial charge in [-0.25, -0.2) is 8.42 Å². The minimum absolute atomic E-state index is 0.150. The molecule has 0 aliphatic carbocycles. The van der Waals surface area contributed by atoms with Crippen LogP contribution in [0.3, 0.4) is 0 Å². The molecule has 2 aromatic carbocycles. The molecule has 0 saturated heterocycles. The fourth-order valence-electron chi connectivity index (χ4n) is 3.14. The molecule has 1 aromatic heterocycles. The molecular formula is C22H26N2O5S2. The van der Waals surface area contributed by atoms with E-state index in [0.29, 0.717) is 24.4 Å². The monoisotopic (exact) mass is 462 g/mol. The summed E-state index contributed by atoms with van der Waals surface area (Å²) in [6, 6.07) is 15.1. The summed E-state index contributed by atoms with van der Waals surface area (Å²) in [4.78, 5) is 4.47. The summed E-state index contributed by atoms with van der Waals surface area (Å²) in [5.74, 6) is 0.509. The lowest BCUT2D eigenvalue weighted by atomic mass is 10.1. The first-order valence-electron chi connectivity index (χ1n) is 9.88. The van der Waals surface area contributed by atoms with Crippen molar-refractivity contribution in [3.63, 3.8) is 0 Å². The minimum atomic E-state index is -3.82. The Hall–Kier alpha value is -2.49. The number of nitrogens with zero attached hydrogens (tertiary/aromatic N) is 2. The standard InChI is InChI=1S/C22H26N2O5S2/c1-17(2)13-15-24(16-18-9-11-20(12-10-18)29-30(3,25)26)31(27,28)21-8-4-6-19-7-5-14-23-22(19)21/h4-12,14,17H,13,15-16H2,1-3H3. The number of para-hydroxylation sites is 1. The maximum absolute atomic E-state index is 13.6. The van der Waals surface area contributed by atoms with E-state index in [1.807, 2.05) is 26.0 Å². The lowest BCUT2D eigenvalue weighted by molar-refractivity contribution is 0.375. The highest BCUT2D eigenvalue weighted by molar-refractivity contribution is 7.89. The first-order valence-corrected chi connectivity index (χ1v) is 13.1. The highest BCUT2D eigenvalue weighted by Crippen LogP contribution is 2.26. The molecule has 166 valence electrons. The van der Waals surface area contributed by atoms with Crippen molar-refractivity contribution >= 4 is 31.0 Å². The van der Waals surface area contributed by atoms with E-state index >= 15 is 0 Å². The molecule has 3 aromatic rings. The van der Waals surface area contributed by atoms with E-state index in [0.717, 1.165) is 17.2 Å². The normalized spacial score (nSPS) is 12.5. The molecule has 9 heteroatoms. The zero-order chi connectivity index (χ0) is 22.6. The van der Waals surface area contributed by atoms with Gasteiger partial charge in [0.05, 0.1) is 11.8 Å². The Morgan fingerprint density at radius 3 is 2.29 bits per heavy atom. The van der Waals surface area contributed by atoms with Crippen LogP contribution in [0, 0.1) is 5.92 Å². The molecule has 31 heavy (non-hydrogen) atoms. The number of hydrogen-bond acceptors (Lipinski definition) is 6. The Morgan fingerprint density at radius 1 is 0.968 bits per heavy atom. The summed E-state index contributed by atoms with van der Waals surface area (Å²) in [5.41, 5.74) is 1.16. The van der Waals surface area contributed by atoms with Crippen LogP contribution < -0.4 is 4.18 Å². The maximum Gasteiger partial charge on any atom is 0.306 e. The summed E-state index contributed by atoms with van der Waals surface area (Å²) in [6.07, 6.45) is 3.26. The Morgan fingerprint density at radius 2 is 1.65 bits per heavy atom. The molecule has 7 nitrogen and oxygen atoms in total. The van der Waals surface area contributed by atoms with Crippen molar-refractivity contribution in [1.29, 1.82) is 0 Å². The van der Waals surface area contributed by atoms with Gasteiger partial charge in [0.15, 0.2) is 0 Å². The molecule has 3 rings (SSSR count). The van der Waals surface area contributed by atoms with Gasteiger partial charge >= 0.3 is 10.1 Å². The summed E-state index contributed by atoms with van der Waals surface area (Å²) in [6.45, 7) is 4.59. The summed E-state index contributed by atoms with van der Waals surface area (Å²) >= 11 is 0. The van der Waals surface area contributed by atoms with Crippen LogP contribution in [0.25, 0.3) is 10.9 Å². The van der Waals surface area contributed by atoms with Gasteiger partial charge in [0.2, 0.25) is 10.0 Å². The minimum Gasteiger partial charge on any atom is -0.383 e. The van der Waals surface area contributed by atoms with E-state index in [-0.39, 0.29) is 17.2 Å². The molecule has 1 heterocycles. The third-order valence-electron chi connectivity index (χ3n) is 4.70. The molecule has 0 spiro atoms. The van der Waals surface area contributed by atoms with Crippen LogP contribution in [0.5, 0.6) is 5.75 Å². The van der Waals surface area contributed by atoms with Crippen molar-refractivity contribution in [2.24, 2.45) is 5.92 Å². The van der Waals surface area contributed by atoms with E-state index < -0.39 is 20.1 Å². The highest BCUT2D eigenvalue weighted by Gasteiger charge is 2.27. The zero-order valence-electron chi connectivity index (χ0n) is 17.7. The van der Waals surface area contributed by atoms with Crippen LogP contribution in [0.4, 0.5) is 0 Å². The molecule has 0 bridgehead atoms. The van der Waals surface area contributed by atoms with Gasteiger partial charge in [-0.1, -0.05) is 44.2 Å². The molecule has 0 saturated carbocycles. The fraction of sp³-hybridized carbons (Fsp3) is 0.318. The van der Waals surface area contributed by atoms with Gasteiger partial charge in [0.25, 0.3) is 0 Å². The van der Waals surface area contributed by atoms with Crippen molar-refractivity contribution in [2.45, 2.75) is 31.7 Å². The molecule has 0 amide bonds. The predicted molar refractivity (Wildman–Crippen MR) is 121 cm³/mol. The summed E-state index contributed by atoms with van der Waals surface area (Å²) < 4.78 is 56.1. The molecule has 0 aliphatic heterocycles. The third kappa shape index (κ3) is 6.03. The van der Waals surface area contributed by atoms with Crippen LogP contribution in [0.2, 0.25) is 0 Å². The van der Waals surface area contributed by atoms with Crippen molar-refractivity contribution in [2.75, 3.05) is 12.8 Å². The van der Waals surface area contributed by atoms with Gasteiger partial charge < -0.3 is 4.18 Å². The highest BCUT2D eigenvalue weighted by atomic mass is 32.2. The van der Waals surface area contributed by atoms with Gasteiger partial charge in [-0.15, -0.1) is 0 Å². The van der Waals surface area contributed by atoms with Gasteiger partial charge in [0.1, 0.15) is 10.6 Å². The van der Waals surface area contributed by atoms with E-state index in [2.05, 4.69) is 4.98 Å². The molecule has 0 aliphatic rings. The lowest BCUT2D eigenvalue weighted by Crippen LogP contribution is -2.32. The molecule has 0 N–H and O–H groups in total. The second kappa shape index (κ2) is 9.33. The molecule has 0 radical (unpaired) electrons. The van der Waals surface area contributed by atoms with Gasteiger partial charge in [-0.05, 0) is 42.2 Å². The second-order valence-corrected chi connectivity index (χ2v) is 11.3. The van der Waals surface area contributed by atoms with Crippen molar-refractivity contribution in [3.8, 4) is 5.75 Å². The predicted octanol–water partition coefficient (Wildman–Crippen LogP) is 3.81. The van der Waals surface area contributed by atoms with Gasteiger partial charge in [-0.2, -0.15) is 12.7 Å². The number of rotatable bonds is 9. The van der Waals surface area contributed by atoms with Gasteiger partial charge in [-0.3, -0.25) is 4.98 Å². The van der Waals surface area contributed by atoms with Gasteiger partial charge in [0, 0.05) is 24.7 Å². The van der Waals surface area contributed by atoms with Crippen LogP contribution in [0.15, 0.2) is 65.7 Å². The lowest BCUT2D eigenvalue weighted by Gasteiger charge is -2.24. The fourth-order valence-corrected chi connectivity index (χ4v) is 5.21. The van der Waals surface area contributed by atoms with Crippen molar-refractivity contribution < 1.29 is 21.0 Å². The largest absolute Gasteiger partial charge is 0.383 e. The Kier molecular flexibility index (Phi) is 6.98. The van der Waals surface area contributed by atoms with Crippen molar-refractivity contribution in [3.05, 3.63) is 66.4 Å². The van der Waals surface area contributed by atoms with Crippen molar-refractivity contribution in [1.82, 2.24) is 9.29 Å². The maximum atomic E-state index is 13.6. The average molecular weight is 463 g/mol. The quantitative estimate of drug-likeness (QED) is 0.449. The average Bonchev–Trinajstić information content (AvgIpc) is 2.70. The number of aromatic nitrogens is 1. The first-order chi connectivity index (χ1) is 14.6. The summed E-state index contributed by atoms with van der Waals surface area (Å²) in [7, 11) is -7.44. The number of hydrogen-bond donors (Lipinski definition) is 0. The van der Waals surface area contributed by atoms with E-state index in [4.69, 9.17) is 4.18 Å². The number of pyridine rings is 1. The smallest absolute Gasteiger partial charge is 0.306 e. The first kappa shape index (κ1) is 23.2. The second-order valence-electron chi connectivity index (χ2n) is 7.78. The van der Waals surface area contributed by atoms with Crippen LogP contribution in [-0.2, 0) is 26.7 Å². The zero-order valence-corrected chi connectivity index (χ0v) is 19.4. The van der Waals surface area contributed by atoms with E-state index in [1.54, 1.807) is 36.5 Å². The summed E-state index contributed by atoms with van der Waals surface area (Å²) in [5, 5.41) is 0.759. The third-order valence-corrected chi connectivity index (χ3v) is 7.07. The van der Waals surface area contributed by atoms with Crippen LogP contribution in [-0.4, -0.2) is 38.9 Å². The number of benzene rings is 2. The Bertz CT molecular complexity index is 1250. The Balaban J connectivity index is 1.94. The molecular weight excluding hydrogens is 436 g/mol. The van der Waals surface area contributed by atoms with Crippen LogP contribution in [0.1, 0.15) is 25.8 Å². The molecule has 0 atom stereocenters. The van der Waals surface area contributed by atoms with Crippen LogP contribution >= 0.6 is 0 Å². The topological polar surface area (TPSA) is 93.6 Å². The number of fused-ring (bicyclic) bond motifs is 1. The number of sulfonamides is 1. The molecule has 0 fully saturated rings. The van der Waals surface area contributed by atoms with E-state index in [1.165, 1.54) is 16.4 Å².